The quantitative estimate of drug-likeness (QED) is 0.443. The summed E-state index contributed by atoms with van der Waals surface area (Å²) in [6, 6.07) is 7.39. The van der Waals surface area contributed by atoms with E-state index < -0.39 is 6.04 Å². The number of aromatic nitrogens is 4. The molecule has 0 amide bonds. The van der Waals surface area contributed by atoms with Gasteiger partial charge in [-0.25, -0.2) is 4.79 Å². The van der Waals surface area contributed by atoms with Crippen LogP contribution in [0.1, 0.15) is 83.2 Å². The van der Waals surface area contributed by atoms with Gasteiger partial charge in [0.15, 0.2) is 0 Å². The summed E-state index contributed by atoms with van der Waals surface area (Å²) < 4.78 is 13.4. The number of nitrogens with one attached hydrogen (secondary N) is 1. The molecular formula is C24H33N5O3. The van der Waals surface area contributed by atoms with Gasteiger partial charge in [0.1, 0.15) is 17.9 Å². The average molecular weight is 440 g/mol. The Morgan fingerprint density at radius 2 is 1.91 bits per heavy atom. The number of benzene rings is 1. The number of hydrogen-bond acceptors (Lipinski definition) is 7. The molecule has 1 fully saturated rings. The summed E-state index contributed by atoms with van der Waals surface area (Å²) in [5.41, 5.74) is 2.17. The number of esters is 1. The van der Waals surface area contributed by atoms with Gasteiger partial charge in [0, 0.05) is 5.70 Å². The van der Waals surface area contributed by atoms with Gasteiger partial charge in [-0.1, -0.05) is 49.8 Å². The van der Waals surface area contributed by atoms with Crippen LogP contribution in [0.15, 0.2) is 35.5 Å². The maximum absolute atomic E-state index is 13.3. The normalized spacial score (nSPS) is 18.8. The number of fused-ring (bicyclic) bond motifs is 1. The number of allylic oxidation sites excluding steroid dienone is 1. The molecule has 1 saturated carbocycles. The lowest BCUT2D eigenvalue weighted by atomic mass is 9.95. The summed E-state index contributed by atoms with van der Waals surface area (Å²) in [4.78, 5) is 13.3. The zero-order valence-electron chi connectivity index (χ0n) is 19.0. The predicted octanol–water partition coefficient (Wildman–Crippen LogP) is 4.80. The summed E-state index contributed by atoms with van der Waals surface area (Å²) in [6.45, 7) is 4.78. The lowest BCUT2D eigenvalue weighted by molar-refractivity contribution is -0.146. The molecule has 32 heavy (non-hydrogen) atoms. The van der Waals surface area contributed by atoms with Crippen LogP contribution in [0.5, 0.6) is 5.75 Å². The van der Waals surface area contributed by atoms with Crippen LogP contribution in [0.2, 0.25) is 0 Å². The van der Waals surface area contributed by atoms with Crippen molar-refractivity contribution >= 4 is 11.9 Å². The SMILES string of the molecule is CCCCCCOc1ccc(C2C(C(=O)OC3CCCCC3)=C(C)Nc3nnnn32)cc1. The smallest absolute Gasteiger partial charge is 0.338 e. The van der Waals surface area contributed by atoms with Gasteiger partial charge in [0.25, 0.3) is 0 Å². The number of unbranched alkanes of at least 4 members (excludes halogenated alkanes) is 3. The lowest BCUT2D eigenvalue weighted by Gasteiger charge is -2.29. The fourth-order valence-electron chi connectivity index (χ4n) is 4.45. The van der Waals surface area contributed by atoms with Gasteiger partial charge in [-0.3, -0.25) is 0 Å². The molecule has 2 aromatic rings. The second-order valence-corrected chi connectivity index (χ2v) is 8.66. The van der Waals surface area contributed by atoms with Crippen LogP contribution >= 0.6 is 0 Å². The Morgan fingerprint density at radius 3 is 2.66 bits per heavy atom. The highest BCUT2D eigenvalue weighted by molar-refractivity contribution is 5.92. The van der Waals surface area contributed by atoms with Gasteiger partial charge in [-0.15, -0.1) is 0 Å². The van der Waals surface area contributed by atoms with Crippen LogP contribution in [-0.4, -0.2) is 38.9 Å². The van der Waals surface area contributed by atoms with E-state index in [0.717, 1.165) is 49.1 Å². The average Bonchev–Trinajstić information content (AvgIpc) is 3.27. The van der Waals surface area contributed by atoms with E-state index in [2.05, 4.69) is 27.8 Å². The van der Waals surface area contributed by atoms with Gasteiger partial charge in [0.2, 0.25) is 5.95 Å². The van der Waals surface area contributed by atoms with Crippen LogP contribution in [-0.2, 0) is 9.53 Å². The van der Waals surface area contributed by atoms with Crippen LogP contribution in [0.4, 0.5) is 5.95 Å². The minimum Gasteiger partial charge on any atom is -0.494 e. The monoisotopic (exact) mass is 439 g/mol. The Labute approximate surface area is 189 Å². The third-order valence-corrected chi connectivity index (χ3v) is 6.22. The van der Waals surface area contributed by atoms with E-state index in [4.69, 9.17) is 9.47 Å². The Morgan fingerprint density at radius 1 is 1.12 bits per heavy atom. The number of rotatable bonds is 9. The number of carbonyl (C=O) groups is 1. The molecule has 4 rings (SSSR count). The van der Waals surface area contributed by atoms with E-state index in [-0.39, 0.29) is 12.1 Å². The molecule has 2 heterocycles. The Balaban J connectivity index is 1.52. The van der Waals surface area contributed by atoms with Crippen LogP contribution in [0, 0.1) is 0 Å². The van der Waals surface area contributed by atoms with E-state index in [1.165, 1.54) is 25.7 Å². The molecule has 0 spiro atoms. The maximum Gasteiger partial charge on any atom is 0.338 e. The van der Waals surface area contributed by atoms with E-state index >= 15 is 0 Å². The first-order chi connectivity index (χ1) is 15.7. The zero-order chi connectivity index (χ0) is 22.3. The molecule has 1 unspecified atom stereocenters. The van der Waals surface area contributed by atoms with E-state index in [1.807, 2.05) is 31.2 Å². The van der Waals surface area contributed by atoms with Crippen molar-refractivity contribution in [1.29, 1.82) is 0 Å². The topological polar surface area (TPSA) is 91.2 Å². The molecule has 0 bridgehead atoms. The third-order valence-electron chi connectivity index (χ3n) is 6.22. The number of anilines is 1. The first kappa shape index (κ1) is 22.3. The molecule has 0 saturated heterocycles. The number of tetrazole rings is 1. The highest BCUT2D eigenvalue weighted by Crippen LogP contribution is 2.36. The molecule has 2 aliphatic rings. The Bertz CT molecular complexity index is 931. The number of carbonyl (C=O) groups excluding carboxylic acids is 1. The van der Waals surface area contributed by atoms with Crippen molar-refractivity contribution in [3.8, 4) is 5.75 Å². The van der Waals surface area contributed by atoms with E-state index in [0.29, 0.717) is 18.1 Å². The van der Waals surface area contributed by atoms with Crippen molar-refractivity contribution in [2.24, 2.45) is 0 Å². The van der Waals surface area contributed by atoms with Crippen molar-refractivity contribution in [3.05, 3.63) is 41.1 Å². The van der Waals surface area contributed by atoms with Crippen LogP contribution in [0.3, 0.4) is 0 Å². The standard InChI is InChI=1S/C24H33N5O3/c1-3-4-5-9-16-31-19-14-12-18(13-15-19)22-21(17(2)25-24-26-27-28-29(22)24)23(30)32-20-10-7-6-8-11-20/h12-15,20,22H,3-11,16H2,1-2H3,(H,25,26,28). The minimum absolute atomic E-state index is 0.0176. The second kappa shape index (κ2) is 10.6. The first-order valence-electron chi connectivity index (χ1n) is 11.9. The predicted molar refractivity (Wildman–Crippen MR) is 121 cm³/mol. The van der Waals surface area contributed by atoms with Gasteiger partial charge in [0.05, 0.1) is 12.2 Å². The van der Waals surface area contributed by atoms with Crippen molar-refractivity contribution in [2.75, 3.05) is 11.9 Å². The number of ether oxygens (including phenoxy) is 2. The first-order valence-corrected chi connectivity index (χ1v) is 11.9. The van der Waals surface area contributed by atoms with Crippen LogP contribution in [0.25, 0.3) is 0 Å². The minimum atomic E-state index is -0.448. The molecular weight excluding hydrogens is 406 g/mol. The molecule has 8 heteroatoms. The fraction of sp³-hybridized carbons (Fsp3) is 0.583. The summed E-state index contributed by atoms with van der Waals surface area (Å²) in [5, 5.41) is 15.2. The molecule has 1 aliphatic heterocycles. The number of nitrogens with zero attached hydrogens (tertiary/aromatic N) is 4. The zero-order valence-corrected chi connectivity index (χ0v) is 19.0. The van der Waals surface area contributed by atoms with Crippen LogP contribution < -0.4 is 10.1 Å². The van der Waals surface area contributed by atoms with Crippen molar-refractivity contribution < 1.29 is 14.3 Å². The van der Waals surface area contributed by atoms with Crippen molar-refractivity contribution in [3.63, 3.8) is 0 Å². The largest absolute Gasteiger partial charge is 0.494 e. The molecule has 1 aliphatic carbocycles. The molecule has 1 N–H and O–H groups in total. The Hall–Kier alpha value is -2.90. The van der Waals surface area contributed by atoms with E-state index in [1.54, 1.807) is 4.68 Å². The van der Waals surface area contributed by atoms with Gasteiger partial charge in [-0.05, 0) is 67.2 Å². The summed E-state index contributed by atoms with van der Waals surface area (Å²) in [7, 11) is 0. The highest BCUT2D eigenvalue weighted by atomic mass is 16.5. The molecule has 172 valence electrons. The third kappa shape index (κ3) is 5.11. The molecule has 0 radical (unpaired) electrons. The number of hydrogen-bond donors (Lipinski definition) is 1. The Kier molecular flexibility index (Phi) is 7.39. The fourth-order valence-corrected chi connectivity index (χ4v) is 4.45. The highest BCUT2D eigenvalue weighted by Gasteiger charge is 2.36. The summed E-state index contributed by atoms with van der Waals surface area (Å²) >= 11 is 0. The summed E-state index contributed by atoms with van der Waals surface area (Å²) in [6.07, 6.45) is 9.94. The molecule has 1 aromatic heterocycles. The molecule has 8 nitrogen and oxygen atoms in total. The van der Waals surface area contributed by atoms with E-state index in [9.17, 15) is 4.79 Å². The second-order valence-electron chi connectivity index (χ2n) is 8.66. The molecule has 1 aromatic carbocycles. The summed E-state index contributed by atoms with van der Waals surface area (Å²) in [5.74, 6) is 1.03. The van der Waals surface area contributed by atoms with Gasteiger partial charge >= 0.3 is 5.97 Å². The maximum atomic E-state index is 13.3. The van der Waals surface area contributed by atoms with Crippen molar-refractivity contribution in [1.82, 2.24) is 20.2 Å². The lowest BCUT2D eigenvalue weighted by Crippen LogP contribution is -2.32. The van der Waals surface area contributed by atoms with Gasteiger partial charge in [-0.2, -0.15) is 4.68 Å². The van der Waals surface area contributed by atoms with Crippen molar-refractivity contribution in [2.45, 2.75) is 83.8 Å². The van der Waals surface area contributed by atoms with Gasteiger partial charge < -0.3 is 14.8 Å². The molecule has 1 atom stereocenters.